The number of allylic oxidation sites excluding steroid dienone is 1. The van der Waals surface area contributed by atoms with Crippen LogP contribution in [-0.4, -0.2) is 19.1 Å². The van der Waals surface area contributed by atoms with Gasteiger partial charge in [0.1, 0.15) is 0 Å². The molecular weight excluding hydrogens is 230 g/mol. The predicted octanol–water partition coefficient (Wildman–Crippen LogP) is 2.05. The van der Waals surface area contributed by atoms with E-state index in [-0.39, 0.29) is 5.78 Å². The van der Waals surface area contributed by atoms with Crippen LogP contribution in [-0.2, 0) is 5.75 Å². The molecule has 0 atom stereocenters. The van der Waals surface area contributed by atoms with E-state index in [4.69, 9.17) is 0 Å². The fourth-order valence-electron chi connectivity index (χ4n) is 1.39. The molecule has 0 spiro atoms. The Balaban J connectivity index is 2.41. The molecule has 0 bridgehead atoms. The van der Waals surface area contributed by atoms with Gasteiger partial charge in [-0.15, -0.1) is 23.1 Å². The summed E-state index contributed by atoms with van der Waals surface area (Å²) in [6, 6.07) is 1.68. The minimum Gasteiger partial charge on any atom is -0.393 e. The van der Waals surface area contributed by atoms with E-state index >= 15 is 0 Å². The lowest BCUT2D eigenvalue weighted by Crippen LogP contribution is -2.10. The molecule has 0 saturated carbocycles. The number of thioether (sulfide) groups is 1. The molecule has 1 N–H and O–H groups in total. The molecule has 0 fully saturated rings. The molecule has 78 valence electrons. The van der Waals surface area contributed by atoms with Crippen molar-refractivity contribution >= 4 is 35.2 Å². The molecule has 0 aliphatic carbocycles. The summed E-state index contributed by atoms with van der Waals surface area (Å²) in [5.74, 6) is 0.785. The topological polar surface area (TPSA) is 46.2 Å². The van der Waals surface area contributed by atoms with E-state index in [2.05, 4.69) is 5.32 Å². The summed E-state index contributed by atoms with van der Waals surface area (Å²) in [4.78, 5) is 24.8. The number of ketones is 1. The SMILES string of the molecule is CN/C=C1/SCc2sc(C=O)cc2C1=O. The fraction of sp³-hybridized carbons (Fsp3) is 0.200. The molecule has 0 saturated heterocycles. The molecular formula is C10H9NO2S2. The molecule has 2 rings (SSSR count). The van der Waals surface area contributed by atoms with Gasteiger partial charge in [0.15, 0.2) is 6.29 Å². The lowest BCUT2D eigenvalue weighted by atomic mass is 10.1. The Morgan fingerprint density at radius 1 is 1.53 bits per heavy atom. The van der Waals surface area contributed by atoms with Crippen LogP contribution in [0.2, 0.25) is 0 Å². The van der Waals surface area contributed by atoms with Crippen LogP contribution in [0.3, 0.4) is 0 Å². The zero-order valence-corrected chi connectivity index (χ0v) is 9.71. The predicted molar refractivity (Wildman–Crippen MR) is 62.5 cm³/mol. The van der Waals surface area contributed by atoms with E-state index in [0.717, 1.165) is 16.9 Å². The van der Waals surface area contributed by atoms with Crippen molar-refractivity contribution in [3.05, 3.63) is 32.5 Å². The summed E-state index contributed by atoms with van der Waals surface area (Å²) in [6.45, 7) is 0. The van der Waals surface area contributed by atoms with Crippen LogP contribution in [0.25, 0.3) is 0 Å². The van der Waals surface area contributed by atoms with Gasteiger partial charge < -0.3 is 5.32 Å². The Kier molecular flexibility index (Phi) is 2.93. The normalized spacial score (nSPS) is 17.7. The first-order valence-corrected chi connectivity index (χ1v) is 6.19. The van der Waals surface area contributed by atoms with Gasteiger partial charge in [-0.3, -0.25) is 9.59 Å². The number of hydrogen-bond donors (Lipinski definition) is 1. The van der Waals surface area contributed by atoms with Crippen LogP contribution in [0, 0.1) is 0 Å². The van der Waals surface area contributed by atoms with Crippen molar-refractivity contribution in [3.63, 3.8) is 0 Å². The van der Waals surface area contributed by atoms with Crippen molar-refractivity contribution in [1.29, 1.82) is 0 Å². The van der Waals surface area contributed by atoms with Gasteiger partial charge in [0.2, 0.25) is 5.78 Å². The average molecular weight is 239 g/mol. The maximum Gasteiger partial charge on any atom is 0.201 e. The van der Waals surface area contributed by atoms with Crippen LogP contribution >= 0.6 is 23.1 Å². The molecule has 0 amide bonds. The van der Waals surface area contributed by atoms with Crippen LogP contribution in [0.15, 0.2) is 17.2 Å². The Hall–Kier alpha value is -1.07. The van der Waals surface area contributed by atoms with E-state index in [1.807, 2.05) is 0 Å². The van der Waals surface area contributed by atoms with Gasteiger partial charge in [-0.2, -0.15) is 0 Å². The molecule has 15 heavy (non-hydrogen) atoms. The molecule has 1 aromatic rings. The largest absolute Gasteiger partial charge is 0.393 e. The lowest BCUT2D eigenvalue weighted by molar-refractivity contribution is 0.104. The summed E-state index contributed by atoms with van der Waals surface area (Å²) >= 11 is 2.91. The van der Waals surface area contributed by atoms with E-state index in [1.165, 1.54) is 23.1 Å². The van der Waals surface area contributed by atoms with Gasteiger partial charge in [0.05, 0.1) is 9.78 Å². The highest BCUT2D eigenvalue weighted by molar-refractivity contribution is 8.03. The Bertz CT molecular complexity index is 448. The highest BCUT2D eigenvalue weighted by atomic mass is 32.2. The quantitative estimate of drug-likeness (QED) is 0.634. The van der Waals surface area contributed by atoms with E-state index in [1.54, 1.807) is 19.3 Å². The third kappa shape index (κ3) is 1.85. The molecule has 3 nitrogen and oxygen atoms in total. The number of Topliss-reactive ketones (excluding diaryl/α,β-unsaturated/α-hetero) is 1. The van der Waals surface area contributed by atoms with Gasteiger partial charge in [0.25, 0.3) is 0 Å². The molecule has 0 unspecified atom stereocenters. The monoisotopic (exact) mass is 239 g/mol. The maximum absolute atomic E-state index is 11.9. The molecule has 1 aliphatic rings. The van der Waals surface area contributed by atoms with Gasteiger partial charge in [-0.1, -0.05) is 0 Å². The number of carbonyl (C=O) groups is 2. The second kappa shape index (κ2) is 4.20. The van der Waals surface area contributed by atoms with Crippen LogP contribution < -0.4 is 5.32 Å². The van der Waals surface area contributed by atoms with Crippen LogP contribution in [0.4, 0.5) is 0 Å². The van der Waals surface area contributed by atoms with E-state index < -0.39 is 0 Å². The third-order valence-corrected chi connectivity index (χ3v) is 4.34. The maximum atomic E-state index is 11.9. The van der Waals surface area contributed by atoms with Crippen molar-refractivity contribution in [3.8, 4) is 0 Å². The van der Waals surface area contributed by atoms with Gasteiger partial charge in [0, 0.05) is 29.4 Å². The minimum atomic E-state index is 0.0138. The first-order chi connectivity index (χ1) is 7.26. The number of carbonyl (C=O) groups excluding carboxylic acids is 2. The van der Waals surface area contributed by atoms with E-state index in [9.17, 15) is 9.59 Å². The summed E-state index contributed by atoms with van der Waals surface area (Å²) < 4.78 is 0. The first-order valence-electron chi connectivity index (χ1n) is 4.39. The highest BCUT2D eigenvalue weighted by Crippen LogP contribution is 2.36. The molecule has 1 aromatic heterocycles. The van der Waals surface area contributed by atoms with Crippen molar-refractivity contribution < 1.29 is 9.59 Å². The Morgan fingerprint density at radius 2 is 2.33 bits per heavy atom. The molecule has 0 radical (unpaired) electrons. The Labute approximate surface area is 95.6 Å². The summed E-state index contributed by atoms with van der Waals surface area (Å²) in [6.07, 6.45) is 2.50. The summed E-state index contributed by atoms with van der Waals surface area (Å²) in [5.41, 5.74) is 0.683. The van der Waals surface area contributed by atoms with Crippen molar-refractivity contribution in [2.75, 3.05) is 7.05 Å². The average Bonchev–Trinajstić information content (AvgIpc) is 2.66. The van der Waals surface area contributed by atoms with E-state index in [0.29, 0.717) is 15.3 Å². The number of aldehydes is 1. The zero-order chi connectivity index (χ0) is 10.8. The van der Waals surface area contributed by atoms with Crippen LogP contribution in [0.5, 0.6) is 0 Å². The smallest absolute Gasteiger partial charge is 0.201 e. The number of nitrogens with one attached hydrogen (secondary N) is 1. The number of hydrogen-bond acceptors (Lipinski definition) is 5. The molecule has 2 heterocycles. The first kappa shape index (κ1) is 10.4. The fourth-order valence-corrected chi connectivity index (χ4v) is 3.45. The zero-order valence-electron chi connectivity index (χ0n) is 8.07. The Morgan fingerprint density at radius 3 is 3.00 bits per heavy atom. The number of rotatable bonds is 2. The number of thiophene rings is 1. The van der Waals surface area contributed by atoms with Gasteiger partial charge >= 0.3 is 0 Å². The van der Waals surface area contributed by atoms with Gasteiger partial charge in [-0.05, 0) is 6.07 Å². The van der Waals surface area contributed by atoms with Crippen molar-refractivity contribution in [2.24, 2.45) is 0 Å². The summed E-state index contributed by atoms with van der Waals surface area (Å²) in [5, 5.41) is 2.85. The van der Waals surface area contributed by atoms with Crippen LogP contribution in [0.1, 0.15) is 24.9 Å². The molecule has 5 heteroatoms. The minimum absolute atomic E-state index is 0.0138. The number of fused-ring (bicyclic) bond motifs is 1. The molecule has 1 aliphatic heterocycles. The second-order valence-electron chi connectivity index (χ2n) is 3.02. The highest BCUT2D eigenvalue weighted by Gasteiger charge is 2.24. The standard InChI is InChI=1S/C10H9NO2S2/c1-11-3-8-10(13)7-2-6(4-12)15-9(7)5-14-8/h2-4,11H,5H2,1H3/b8-3+. The summed E-state index contributed by atoms with van der Waals surface area (Å²) in [7, 11) is 1.76. The van der Waals surface area contributed by atoms with Crippen molar-refractivity contribution in [2.45, 2.75) is 5.75 Å². The second-order valence-corrected chi connectivity index (χ2v) is 5.20. The third-order valence-electron chi connectivity index (χ3n) is 2.05. The van der Waals surface area contributed by atoms with Gasteiger partial charge in [-0.25, -0.2) is 0 Å². The molecule has 0 aromatic carbocycles. The lowest BCUT2D eigenvalue weighted by Gasteiger charge is -2.12. The van der Waals surface area contributed by atoms with Crippen molar-refractivity contribution in [1.82, 2.24) is 5.32 Å².